The topological polar surface area (TPSA) is 32.9 Å². The Balaban J connectivity index is 0.000000671. The van der Waals surface area contributed by atoms with Crippen LogP contribution < -0.4 is 0 Å². The third-order valence-electron chi connectivity index (χ3n) is 1.86. The molecule has 0 saturated carbocycles. The van der Waals surface area contributed by atoms with Crippen molar-refractivity contribution in [2.24, 2.45) is 0 Å². The van der Waals surface area contributed by atoms with Crippen LogP contribution in [-0.4, -0.2) is 11.3 Å². The molecule has 1 aromatic rings. The molecule has 13 heavy (non-hydrogen) atoms. The van der Waals surface area contributed by atoms with Gasteiger partial charge in [0.05, 0.1) is 0 Å². The number of hydrogen-bond acceptors (Lipinski definition) is 1. The standard InChI is InChI=1S/C9H13NO.C2H6/c1-6(2)9-7(3)10-4-8(9)5-11;1-2/h4-6,10H,1-3H3;1-2H3. The zero-order valence-corrected chi connectivity index (χ0v) is 9.14. The van der Waals surface area contributed by atoms with Crippen molar-refractivity contribution >= 4 is 6.29 Å². The molecular weight excluding hydrogens is 162 g/mol. The fraction of sp³-hybridized carbons (Fsp3) is 0.545. The van der Waals surface area contributed by atoms with Gasteiger partial charge in [0.25, 0.3) is 0 Å². The van der Waals surface area contributed by atoms with Crippen LogP contribution in [0.4, 0.5) is 0 Å². The van der Waals surface area contributed by atoms with Gasteiger partial charge >= 0.3 is 0 Å². The zero-order valence-electron chi connectivity index (χ0n) is 9.14. The molecule has 0 bridgehead atoms. The smallest absolute Gasteiger partial charge is 0.151 e. The highest BCUT2D eigenvalue weighted by atomic mass is 16.1. The number of H-pyrrole nitrogens is 1. The molecule has 0 amide bonds. The van der Waals surface area contributed by atoms with E-state index < -0.39 is 0 Å². The highest BCUT2D eigenvalue weighted by Gasteiger charge is 2.09. The van der Waals surface area contributed by atoms with Crippen molar-refractivity contribution in [1.29, 1.82) is 0 Å². The molecule has 0 unspecified atom stereocenters. The van der Waals surface area contributed by atoms with Crippen LogP contribution in [0.2, 0.25) is 0 Å². The van der Waals surface area contributed by atoms with E-state index in [2.05, 4.69) is 18.8 Å². The molecule has 74 valence electrons. The molecule has 2 heteroatoms. The van der Waals surface area contributed by atoms with Gasteiger partial charge in [0.2, 0.25) is 0 Å². The van der Waals surface area contributed by atoms with Crippen molar-refractivity contribution < 1.29 is 4.79 Å². The van der Waals surface area contributed by atoms with E-state index >= 15 is 0 Å². The first-order valence-corrected chi connectivity index (χ1v) is 4.80. The van der Waals surface area contributed by atoms with Crippen molar-refractivity contribution in [3.05, 3.63) is 23.0 Å². The predicted octanol–water partition coefficient (Wildman–Crippen LogP) is 3.29. The Labute approximate surface area is 80.4 Å². The summed E-state index contributed by atoms with van der Waals surface area (Å²) in [6.45, 7) is 10.2. The predicted molar refractivity (Wildman–Crippen MR) is 56.4 cm³/mol. The van der Waals surface area contributed by atoms with Crippen LogP contribution in [0.5, 0.6) is 0 Å². The van der Waals surface area contributed by atoms with Gasteiger partial charge in [-0.1, -0.05) is 27.7 Å². The summed E-state index contributed by atoms with van der Waals surface area (Å²) in [5.41, 5.74) is 3.03. The van der Waals surface area contributed by atoms with Crippen LogP contribution in [0.25, 0.3) is 0 Å². The second kappa shape index (κ2) is 5.57. The molecule has 1 N–H and O–H groups in total. The Hall–Kier alpha value is -1.05. The summed E-state index contributed by atoms with van der Waals surface area (Å²) in [5.74, 6) is 0.418. The number of carbonyl (C=O) groups is 1. The number of aryl methyl sites for hydroxylation is 1. The highest BCUT2D eigenvalue weighted by Crippen LogP contribution is 2.21. The fourth-order valence-electron chi connectivity index (χ4n) is 1.42. The number of aromatic amines is 1. The maximum absolute atomic E-state index is 10.5. The van der Waals surface area contributed by atoms with Crippen molar-refractivity contribution in [1.82, 2.24) is 4.98 Å². The summed E-state index contributed by atoms with van der Waals surface area (Å²) in [4.78, 5) is 13.6. The molecule has 0 aromatic carbocycles. The van der Waals surface area contributed by atoms with Gasteiger partial charge in [-0.05, 0) is 18.4 Å². The molecule has 2 nitrogen and oxygen atoms in total. The van der Waals surface area contributed by atoms with E-state index in [-0.39, 0.29) is 0 Å². The minimum absolute atomic E-state index is 0.418. The van der Waals surface area contributed by atoms with Crippen LogP contribution in [-0.2, 0) is 0 Å². The summed E-state index contributed by atoms with van der Waals surface area (Å²) < 4.78 is 0. The van der Waals surface area contributed by atoms with Crippen LogP contribution in [0.15, 0.2) is 6.20 Å². The monoisotopic (exact) mass is 181 g/mol. The van der Waals surface area contributed by atoms with Crippen molar-refractivity contribution in [3.8, 4) is 0 Å². The third-order valence-corrected chi connectivity index (χ3v) is 1.86. The lowest BCUT2D eigenvalue weighted by Crippen LogP contribution is -1.92. The quantitative estimate of drug-likeness (QED) is 0.698. The first-order valence-electron chi connectivity index (χ1n) is 4.80. The van der Waals surface area contributed by atoms with Gasteiger partial charge in [0.1, 0.15) is 0 Å². The van der Waals surface area contributed by atoms with Crippen molar-refractivity contribution in [2.75, 3.05) is 0 Å². The van der Waals surface area contributed by atoms with E-state index in [9.17, 15) is 4.79 Å². The molecule has 0 spiro atoms. The molecular formula is C11H19NO. The molecule has 0 aliphatic carbocycles. The Morgan fingerprint density at radius 2 is 1.92 bits per heavy atom. The van der Waals surface area contributed by atoms with Gasteiger partial charge in [-0.3, -0.25) is 4.79 Å². The Bertz CT molecular complexity index is 261. The molecule has 0 atom stereocenters. The minimum atomic E-state index is 0.418. The average Bonchev–Trinajstić information content (AvgIpc) is 2.50. The normalized spacial score (nSPS) is 9.38. The Kier molecular flexibility index (Phi) is 5.12. The lowest BCUT2D eigenvalue weighted by molar-refractivity contribution is 0.112. The highest BCUT2D eigenvalue weighted by molar-refractivity contribution is 5.77. The lowest BCUT2D eigenvalue weighted by atomic mass is 10.0. The second-order valence-corrected chi connectivity index (χ2v) is 3.06. The summed E-state index contributed by atoms with van der Waals surface area (Å²) in [7, 11) is 0. The number of rotatable bonds is 2. The first kappa shape index (κ1) is 11.9. The second-order valence-electron chi connectivity index (χ2n) is 3.06. The van der Waals surface area contributed by atoms with Gasteiger partial charge in [-0.15, -0.1) is 0 Å². The summed E-state index contributed by atoms with van der Waals surface area (Å²) in [5, 5.41) is 0. The van der Waals surface area contributed by atoms with Gasteiger partial charge < -0.3 is 4.98 Å². The van der Waals surface area contributed by atoms with Crippen LogP contribution in [0.1, 0.15) is 55.2 Å². The number of aldehydes is 1. The Morgan fingerprint density at radius 1 is 1.38 bits per heavy atom. The maximum atomic E-state index is 10.5. The zero-order chi connectivity index (χ0) is 10.4. The average molecular weight is 181 g/mol. The van der Waals surface area contributed by atoms with Crippen molar-refractivity contribution in [2.45, 2.75) is 40.5 Å². The van der Waals surface area contributed by atoms with Gasteiger partial charge in [0.15, 0.2) is 6.29 Å². The third kappa shape index (κ3) is 2.72. The molecule has 1 heterocycles. The van der Waals surface area contributed by atoms with E-state index in [4.69, 9.17) is 0 Å². The Morgan fingerprint density at radius 3 is 2.23 bits per heavy atom. The molecule has 1 rings (SSSR count). The van der Waals surface area contributed by atoms with E-state index in [1.54, 1.807) is 6.20 Å². The number of aromatic nitrogens is 1. The van der Waals surface area contributed by atoms with Gasteiger partial charge in [-0.2, -0.15) is 0 Å². The minimum Gasteiger partial charge on any atom is -0.364 e. The number of hydrogen-bond donors (Lipinski definition) is 1. The van der Waals surface area contributed by atoms with Crippen LogP contribution in [0.3, 0.4) is 0 Å². The lowest BCUT2D eigenvalue weighted by Gasteiger charge is -2.04. The summed E-state index contributed by atoms with van der Waals surface area (Å²) >= 11 is 0. The maximum Gasteiger partial charge on any atom is 0.151 e. The SMILES string of the molecule is CC.Cc1[nH]cc(C=O)c1C(C)C. The molecule has 0 fully saturated rings. The van der Waals surface area contributed by atoms with Crippen molar-refractivity contribution in [3.63, 3.8) is 0 Å². The molecule has 1 aromatic heterocycles. The number of carbonyl (C=O) groups excluding carboxylic acids is 1. The van der Waals surface area contributed by atoms with E-state index in [1.165, 1.54) is 0 Å². The molecule has 0 aliphatic rings. The van der Waals surface area contributed by atoms with Gasteiger partial charge in [0, 0.05) is 17.5 Å². The van der Waals surface area contributed by atoms with E-state index in [0.29, 0.717) is 5.92 Å². The first-order chi connectivity index (χ1) is 6.16. The summed E-state index contributed by atoms with van der Waals surface area (Å²) in [6.07, 6.45) is 2.66. The largest absolute Gasteiger partial charge is 0.364 e. The number of nitrogens with one attached hydrogen (secondary N) is 1. The van der Waals surface area contributed by atoms with Crippen LogP contribution >= 0.6 is 0 Å². The van der Waals surface area contributed by atoms with E-state index in [0.717, 1.165) is 23.1 Å². The molecule has 0 saturated heterocycles. The van der Waals surface area contributed by atoms with E-state index in [1.807, 2.05) is 20.8 Å². The molecule has 0 radical (unpaired) electrons. The van der Waals surface area contributed by atoms with Crippen LogP contribution in [0, 0.1) is 6.92 Å². The molecule has 0 aliphatic heterocycles. The summed E-state index contributed by atoms with van der Waals surface area (Å²) in [6, 6.07) is 0. The fourth-order valence-corrected chi connectivity index (χ4v) is 1.42. The van der Waals surface area contributed by atoms with Gasteiger partial charge in [-0.25, -0.2) is 0 Å².